The highest BCUT2D eigenvalue weighted by Crippen LogP contribution is 2.12. The number of hydrogen-bond acceptors (Lipinski definition) is 3. The van der Waals surface area contributed by atoms with Crippen molar-refractivity contribution in [2.24, 2.45) is 0 Å². The second kappa shape index (κ2) is 5.13. The van der Waals surface area contributed by atoms with E-state index < -0.39 is 0 Å². The first-order valence-corrected chi connectivity index (χ1v) is 6.46. The average molecular weight is 266 g/mol. The van der Waals surface area contributed by atoms with Gasteiger partial charge in [0.2, 0.25) is 0 Å². The second-order valence-corrected chi connectivity index (χ2v) is 4.52. The third kappa shape index (κ3) is 2.38. The topological polar surface area (TPSA) is 59.3 Å². The largest absolute Gasteiger partial charge is 0.322 e. The molecule has 0 bridgehead atoms. The number of hydrogen-bond donors (Lipinski definition) is 1. The molecule has 0 atom stereocenters. The van der Waals surface area contributed by atoms with Crippen molar-refractivity contribution in [2.75, 3.05) is 5.32 Å². The Bertz CT molecular complexity index is 746. The van der Waals surface area contributed by atoms with Gasteiger partial charge in [0.05, 0.1) is 5.56 Å². The van der Waals surface area contributed by atoms with Crippen LogP contribution in [0.15, 0.2) is 48.9 Å². The maximum atomic E-state index is 12.2. The maximum Gasteiger partial charge on any atom is 0.257 e. The predicted molar refractivity (Wildman–Crippen MR) is 76.8 cm³/mol. The molecule has 0 aliphatic rings. The van der Waals surface area contributed by atoms with Crippen molar-refractivity contribution in [1.29, 1.82) is 0 Å². The number of fused-ring (bicyclic) bond motifs is 1. The Morgan fingerprint density at radius 1 is 1.20 bits per heavy atom. The van der Waals surface area contributed by atoms with Crippen LogP contribution in [0.5, 0.6) is 0 Å². The lowest BCUT2D eigenvalue weighted by Gasteiger charge is -2.06. The van der Waals surface area contributed by atoms with E-state index in [0.717, 1.165) is 12.1 Å². The van der Waals surface area contributed by atoms with Crippen LogP contribution in [0.1, 0.15) is 22.8 Å². The van der Waals surface area contributed by atoms with Gasteiger partial charge in [-0.2, -0.15) is 0 Å². The van der Waals surface area contributed by atoms with E-state index in [1.165, 1.54) is 5.56 Å². The molecule has 5 nitrogen and oxygen atoms in total. The van der Waals surface area contributed by atoms with E-state index in [2.05, 4.69) is 22.4 Å². The van der Waals surface area contributed by atoms with Crippen LogP contribution in [0.4, 0.5) is 5.69 Å². The summed E-state index contributed by atoms with van der Waals surface area (Å²) < 4.78 is 1.72. The van der Waals surface area contributed by atoms with Crippen molar-refractivity contribution in [3.05, 3.63) is 60.0 Å². The molecule has 1 N–H and O–H groups in total. The summed E-state index contributed by atoms with van der Waals surface area (Å²) in [5.41, 5.74) is 3.32. The number of aryl methyl sites for hydroxylation is 1. The summed E-state index contributed by atoms with van der Waals surface area (Å²) in [7, 11) is 0. The van der Waals surface area contributed by atoms with E-state index in [4.69, 9.17) is 0 Å². The lowest BCUT2D eigenvalue weighted by Crippen LogP contribution is -2.12. The fourth-order valence-corrected chi connectivity index (χ4v) is 1.99. The molecule has 0 unspecified atom stereocenters. The van der Waals surface area contributed by atoms with Gasteiger partial charge in [-0.15, -0.1) is 10.2 Å². The summed E-state index contributed by atoms with van der Waals surface area (Å²) in [5.74, 6) is -0.148. The Kier molecular flexibility index (Phi) is 3.16. The van der Waals surface area contributed by atoms with Gasteiger partial charge in [-0.3, -0.25) is 9.20 Å². The molecule has 2 heterocycles. The van der Waals surface area contributed by atoms with Gasteiger partial charge in [-0.1, -0.05) is 19.1 Å². The highest BCUT2D eigenvalue weighted by atomic mass is 16.1. The number of carbonyl (C=O) groups excluding carboxylic acids is 1. The monoisotopic (exact) mass is 266 g/mol. The Labute approximate surface area is 116 Å². The van der Waals surface area contributed by atoms with E-state index >= 15 is 0 Å². The predicted octanol–water partition coefficient (Wildman–Crippen LogP) is 2.54. The zero-order valence-electron chi connectivity index (χ0n) is 11.1. The number of carbonyl (C=O) groups is 1. The first-order valence-electron chi connectivity index (χ1n) is 6.46. The molecule has 1 aromatic carbocycles. The highest BCUT2D eigenvalue weighted by molar-refractivity contribution is 6.04. The van der Waals surface area contributed by atoms with Crippen molar-refractivity contribution >= 4 is 17.2 Å². The second-order valence-electron chi connectivity index (χ2n) is 4.52. The van der Waals surface area contributed by atoms with Crippen LogP contribution in [-0.4, -0.2) is 20.5 Å². The van der Waals surface area contributed by atoms with Crippen molar-refractivity contribution in [1.82, 2.24) is 14.6 Å². The smallest absolute Gasteiger partial charge is 0.257 e. The molecule has 0 aliphatic carbocycles. The molecule has 0 radical (unpaired) electrons. The third-order valence-corrected chi connectivity index (χ3v) is 3.17. The van der Waals surface area contributed by atoms with Crippen LogP contribution in [0.2, 0.25) is 0 Å². The SMILES string of the molecule is CCc1ccc(NC(=O)c2ccc3nncn3c2)cc1. The van der Waals surface area contributed by atoms with Gasteiger partial charge >= 0.3 is 0 Å². The highest BCUT2D eigenvalue weighted by Gasteiger charge is 2.07. The van der Waals surface area contributed by atoms with Gasteiger partial charge in [0.25, 0.3) is 5.91 Å². The van der Waals surface area contributed by atoms with Crippen LogP contribution in [-0.2, 0) is 6.42 Å². The van der Waals surface area contributed by atoms with Gasteiger partial charge < -0.3 is 5.32 Å². The lowest BCUT2D eigenvalue weighted by atomic mass is 10.1. The van der Waals surface area contributed by atoms with Crippen LogP contribution in [0, 0.1) is 0 Å². The number of aromatic nitrogens is 3. The zero-order valence-corrected chi connectivity index (χ0v) is 11.1. The molecule has 0 saturated carbocycles. The molecule has 20 heavy (non-hydrogen) atoms. The minimum Gasteiger partial charge on any atom is -0.322 e. The molecule has 0 saturated heterocycles. The number of nitrogens with zero attached hydrogens (tertiary/aromatic N) is 3. The first kappa shape index (κ1) is 12.3. The number of anilines is 1. The standard InChI is InChI=1S/C15H14N4O/c1-2-11-3-6-13(7-4-11)17-15(20)12-5-8-14-18-16-10-19(14)9-12/h3-10H,2H2,1H3,(H,17,20). The van der Waals surface area contributed by atoms with Crippen molar-refractivity contribution in [2.45, 2.75) is 13.3 Å². The summed E-state index contributed by atoms with van der Waals surface area (Å²) in [6, 6.07) is 11.3. The lowest BCUT2D eigenvalue weighted by molar-refractivity contribution is 0.102. The minimum atomic E-state index is -0.148. The van der Waals surface area contributed by atoms with Crippen LogP contribution < -0.4 is 5.32 Å². The van der Waals surface area contributed by atoms with Crippen LogP contribution in [0.3, 0.4) is 0 Å². The van der Waals surface area contributed by atoms with Crippen LogP contribution in [0.25, 0.3) is 5.65 Å². The Morgan fingerprint density at radius 3 is 2.75 bits per heavy atom. The molecule has 3 rings (SSSR count). The number of rotatable bonds is 3. The molecular weight excluding hydrogens is 252 g/mol. The zero-order chi connectivity index (χ0) is 13.9. The van der Waals surface area contributed by atoms with Crippen molar-refractivity contribution in [3.63, 3.8) is 0 Å². The minimum absolute atomic E-state index is 0.148. The average Bonchev–Trinajstić information content (AvgIpc) is 2.95. The van der Waals surface area contributed by atoms with Crippen molar-refractivity contribution in [3.8, 4) is 0 Å². The van der Waals surface area contributed by atoms with Crippen LogP contribution >= 0.6 is 0 Å². The number of nitrogens with one attached hydrogen (secondary N) is 1. The third-order valence-electron chi connectivity index (χ3n) is 3.17. The van der Waals surface area contributed by atoms with E-state index in [1.807, 2.05) is 24.3 Å². The Morgan fingerprint density at radius 2 is 2.00 bits per heavy atom. The summed E-state index contributed by atoms with van der Waals surface area (Å²) >= 11 is 0. The summed E-state index contributed by atoms with van der Waals surface area (Å²) in [5, 5.41) is 10.6. The molecule has 5 heteroatoms. The fraction of sp³-hybridized carbons (Fsp3) is 0.133. The van der Waals surface area contributed by atoms with E-state index in [0.29, 0.717) is 11.2 Å². The number of pyridine rings is 1. The van der Waals surface area contributed by atoms with E-state index in [-0.39, 0.29) is 5.91 Å². The molecule has 2 aromatic heterocycles. The number of amides is 1. The van der Waals surface area contributed by atoms with Gasteiger partial charge in [-0.25, -0.2) is 0 Å². The summed E-state index contributed by atoms with van der Waals surface area (Å²) in [4.78, 5) is 12.2. The van der Waals surface area contributed by atoms with E-state index in [1.54, 1.807) is 29.1 Å². The molecule has 0 fully saturated rings. The normalized spacial score (nSPS) is 10.7. The maximum absolute atomic E-state index is 12.2. The summed E-state index contributed by atoms with van der Waals surface area (Å²) in [6.45, 7) is 2.10. The van der Waals surface area contributed by atoms with Crippen molar-refractivity contribution < 1.29 is 4.79 Å². The van der Waals surface area contributed by atoms with Gasteiger partial charge in [0, 0.05) is 11.9 Å². The molecule has 0 aliphatic heterocycles. The first-order chi connectivity index (χ1) is 9.76. The molecule has 0 spiro atoms. The van der Waals surface area contributed by atoms with Gasteiger partial charge in [0.15, 0.2) is 5.65 Å². The number of benzene rings is 1. The Balaban J connectivity index is 1.80. The molecule has 3 aromatic rings. The summed E-state index contributed by atoms with van der Waals surface area (Å²) in [6.07, 6.45) is 4.27. The Hall–Kier alpha value is -2.69. The van der Waals surface area contributed by atoms with Gasteiger partial charge in [0.1, 0.15) is 6.33 Å². The van der Waals surface area contributed by atoms with E-state index in [9.17, 15) is 4.79 Å². The quantitative estimate of drug-likeness (QED) is 0.792. The molecule has 1 amide bonds. The fourth-order valence-electron chi connectivity index (χ4n) is 1.99. The molecular formula is C15H14N4O. The molecule has 100 valence electrons. The van der Waals surface area contributed by atoms with Gasteiger partial charge in [-0.05, 0) is 36.2 Å².